The number of H-pyrrole nitrogens is 1. The maximum atomic E-state index is 12.6. The number of rotatable bonds is 4. The molecule has 0 unspecified atom stereocenters. The molecule has 4 rings (SSSR count). The van der Waals surface area contributed by atoms with Crippen LogP contribution in [0.4, 0.5) is 0 Å². The zero-order chi connectivity index (χ0) is 19.3. The Morgan fingerprint density at radius 1 is 1.14 bits per heavy atom. The molecule has 2 aliphatic rings. The molecule has 28 heavy (non-hydrogen) atoms. The van der Waals surface area contributed by atoms with Gasteiger partial charge in [0.15, 0.2) is 0 Å². The topological polar surface area (TPSA) is 70.2 Å². The van der Waals surface area contributed by atoms with E-state index in [1.54, 1.807) is 7.11 Å². The number of benzene rings is 1. The highest BCUT2D eigenvalue weighted by molar-refractivity contribution is 5.79. The van der Waals surface area contributed by atoms with E-state index < -0.39 is 0 Å². The van der Waals surface area contributed by atoms with Crippen LogP contribution in [0.5, 0.6) is 5.75 Å². The number of nitrogens with zero attached hydrogens (tertiary/aromatic N) is 2. The van der Waals surface area contributed by atoms with Crippen LogP contribution in [0, 0.1) is 5.92 Å². The first-order valence-corrected chi connectivity index (χ1v) is 10.4. The molecule has 1 amide bonds. The fourth-order valence-corrected chi connectivity index (χ4v) is 4.66. The van der Waals surface area contributed by atoms with E-state index >= 15 is 0 Å². The lowest BCUT2D eigenvalue weighted by Crippen LogP contribution is -2.45. The van der Waals surface area contributed by atoms with Gasteiger partial charge in [-0.2, -0.15) is 5.10 Å². The summed E-state index contributed by atoms with van der Waals surface area (Å²) in [5.41, 5.74) is 3.35. The molecule has 2 fully saturated rings. The zero-order valence-electron chi connectivity index (χ0n) is 16.6. The van der Waals surface area contributed by atoms with Gasteiger partial charge in [-0.15, -0.1) is 0 Å². The van der Waals surface area contributed by atoms with Gasteiger partial charge in [0, 0.05) is 30.3 Å². The van der Waals surface area contributed by atoms with Crippen molar-refractivity contribution < 1.29 is 9.53 Å². The molecule has 0 bridgehead atoms. The monoisotopic (exact) mass is 382 g/mol. The van der Waals surface area contributed by atoms with Crippen LogP contribution in [0.1, 0.15) is 44.1 Å². The fraction of sp³-hybridized carbons (Fsp3) is 0.545. The molecule has 1 aromatic heterocycles. The van der Waals surface area contributed by atoms with E-state index in [1.807, 2.05) is 18.3 Å². The summed E-state index contributed by atoms with van der Waals surface area (Å²) in [6, 6.07) is 8.40. The van der Waals surface area contributed by atoms with E-state index in [2.05, 4.69) is 32.5 Å². The summed E-state index contributed by atoms with van der Waals surface area (Å²) in [7, 11) is 1.68. The molecule has 2 atom stereocenters. The van der Waals surface area contributed by atoms with Gasteiger partial charge >= 0.3 is 0 Å². The molecule has 1 aromatic carbocycles. The van der Waals surface area contributed by atoms with Crippen LogP contribution in [-0.2, 0) is 11.3 Å². The average molecular weight is 383 g/mol. The summed E-state index contributed by atoms with van der Waals surface area (Å²) < 4.78 is 5.27. The van der Waals surface area contributed by atoms with Gasteiger partial charge in [0.05, 0.1) is 24.9 Å². The molecule has 2 heterocycles. The number of aromatic nitrogens is 2. The standard InChI is InChI=1S/C22H30N4O2/c1-28-18-10-8-16(9-11-18)21-17(14-24-25-21)15-26-13-4-2-3-12-23-22(27)19-6-5-7-20(19)26/h8-11,14,19-20H,2-7,12-13,15H2,1H3,(H,23,27)(H,24,25)/t19-,20+/m1/s1. The number of carbonyl (C=O) groups is 1. The molecular formula is C22H30N4O2. The molecule has 1 aliphatic carbocycles. The molecule has 6 heteroatoms. The van der Waals surface area contributed by atoms with Crippen LogP contribution in [0.15, 0.2) is 30.5 Å². The lowest BCUT2D eigenvalue weighted by atomic mass is 9.98. The SMILES string of the molecule is COc1ccc(-c2[nH]ncc2CN2CCCCCNC(=O)[C@@H]3CCC[C@@H]32)cc1. The van der Waals surface area contributed by atoms with Crippen LogP contribution in [0.25, 0.3) is 11.3 Å². The summed E-state index contributed by atoms with van der Waals surface area (Å²) in [6.07, 6.45) is 8.58. The normalized spacial score (nSPS) is 23.8. The van der Waals surface area contributed by atoms with Crippen LogP contribution in [-0.4, -0.2) is 47.2 Å². The van der Waals surface area contributed by atoms with Crippen LogP contribution in [0.2, 0.25) is 0 Å². The molecule has 1 saturated carbocycles. The molecule has 1 aliphatic heterocycles. The minimum atomic E-state index is 0.120. The molecule has 2 N–H and O–H groups in total. The second-order valence-corrected chi connectivity index (χ2v) is 7.93. The third-order valence-corrected chi connectivity index (χ3v) is 6.18. The first-order chi connectivity index (χ1) is 13.8. The van der Waals surface area contributed by atoms with Crippen molar-refractivity contribution >= 4 is 5.91 Å². The third-order valence-electron chi connectivity index (χ3n) is 6.18. The Kier molecular flexibility index (Phi) is 5.95. The molecule has 2 aromatic rings. The van der Waals surface area contributed by atoms with Crippen molar-refractivity contribution in [2.45, 2.75) is 51.1 Å². The summed E-state index contributed by atoms with van der Waals surface area (Å²) in [5.74, 6) is 1.21. The van der Waals surface area contributed by atoms with Crippen molar-refractivity contribution in [3.05, 3.63) is 36.0 Å². The Labute approximate surface area is 166 Å². The molecule has 150 valence electrons. The first kappa shape index (κ1) is 19.0. The minimum absolute atomic E-state index is 0.120. The Morgan fingerprint density at radius 2 is 2.00 bits per heavy atom. The Morgan fingerprint density at radius 3 is 2.82 bits per heavy atom. The van der Waals surface area contributed by atoms with Crippen molar-refractivity contribution in [1.29, 1.82) is 0 Å². The quantitative estimate of drug-likeness (QED) is 0.851. The number of methoxy groups -OCH3 is 1. The summed E-state index contributed by atoms with van der Waals surface area (Å²) >= 11 is 0. The number of nitrogens with one attached hydrogen (secondary N) is 2. The molecular weight excluding hydrogens is 352 g/mol. The van der Waals surface area contributed by atoms with Crippen molar-refractivity contribution in [2.24, 2.45) is 5.92 Å². The summed E-state index contributed by atoms with van der Waals surface area (Å²) in [5, 5.41) is 10.6. The van der Waals surface area contributed by atoms with Gasteiger partial charge in [0.25, 0.3) is 0 Å². The lowest BCUT2D eigenvalue weighted by molar-refractivity contribution is -0.126. The van der Waals surface area contributed by atoms with Gasteiger partial charge < -0.3 is 10.1 Å². The van der Waals surface area contributed by atoms with Crippen LogP contribution < -0.4 is 10.1 Å². The Balaban J connectivity index is 1.56. The number of fused-ring (bicyclic) bond motifs is 1. The summed E-state index contributed by atoms with van der Waals surface area (Å²) in [4.78, 5) is 15.2. The van der Waals surface area contributed by atoms with Crippen molar-refractivity contribution in [3.8, 4) is 17.0 Å². The van der Waals surface area contributed by atoms with Crippen molar-refractivity contribution in [2.75, 3.05) is 20.2 Å². The predicted molar refractivity (Wildman–Crippen MR) is 109 cm³/mol. The van der Waals surface area contributed by atoms with Gasteiger partial charge in [-0.05, 0) is 56.5 Å². The highest BCUT2D eigenvalue weighted by atomic mass is 16.5. The van der Waals surface area contributed by atoms with E-state index in [9.17, 15) is 4.79 Å². The van der Waals surface area contributed by atoms with Crippen LogP contribution >= 0.6 is 0 Å². The second-order valence-electron chi connectivity index (χ2n) is 7.93. The smallest absolute Gasteiger partial charge is 0.224 e. The van der Waals surface area contributed by atoms with E-state index in [0.29, 0.717) is 6.04 Å². The van der Waals surface area contributed by atoms with E-state index in [-0.39, 0.29) is 11.8 Å². The second kappa shape index (κ2) is 8.78. The number of ether oxygens (including phenoxy) is 1. The molecule has 6 nitrogen and oxygen atoms in total. The maximum absolute atomic E-state index is 12.6. The van der Waals surface area contributed by atoms with Crippen molar-refractivity contribution in [3.63, 3.8) is 0 Å². The number of aromatic amines is 1. The summed E-state index contributed by atoms with van der Waals surface area (Å²) in [6.45, 7) is 2.69. The van der Waals surface area contributed by atoms with Gasteiger partial charge in [0.2, 0.25) is 5.91 Å². The molecule has 0 spiro atoms. The van der Waals surface area contributed by atoms with Gasteiger partial charge in [-0.1, -0.05) is 12.8 Å². The average Bonchev–Trinajstić information content (AvgIpc) is 3.39. The lowest BCUT2D eigenvalue weighted by Gasteiger charge is -2.33. The predicted octanol–water partition coefficient (Wildman–Crippen LogP) is 3.36. The highest BCUT2D eigenvalue weighted by Gasteiger charge is 2.37. The zero-order valence-corrected chi connectivity index (χ0v) is 16.6. The number of carbonyl (C=O) groups excluding carboxylic acids is 1. The van der Waals surface area contributed by atoms with E-state index in [4.69, 9.17) is 4.74 Å². The number of hydrogen-bond acceptors (Lipinski definition) is 4. The molecule has 0 radical (unpaired) electrons. The number of amides is 1. The van der Waals surface area contributed by atoms with Crippen LogP contribution in [0.3, 0.4) is 0 Å². The Hall–Kier alpha value is -2.34. The van der Waals surface area contributed by atoms with Gasteiger partial charge in [-0.25, -0.2) is 0 Å². The van der Waals surface area contributed by atoms with Gasteiger partial charge in [0.1, 0.15) is 5.75 Å². The number of hydrogen-bond donors (Lipinski definition) is 2. The van der Waals surface area contributed by atoms with E-state index in [1.165, 1.54) is 12.0 Å². The maximum Gasteiger partial charge on any atom is 0.224 e. The van der Waals surface area contributed by atoms with Gasteiger partial charge in [-0.3, -0.25) is 14.8 Å². The fourth-order valence-electron chi connectivity index (χ4n) is 4.66. The highest BCUT2D eigenvalue weighted by Crippen LogP contribution is 2.33. The first-order valence-electron chi connectivity index (χ1n) is 10.4. The Bertz CT molecular complexity index is 786. The minimum Gasteiger partial charge on any atom is -0.497 e. The third kappa shape index (κ3) is 4.07. The van der Waals surface area contributed by atoms with Crippen molar-refractivity contribution in [1.82, 2.24) is 20.4 Å². The van der Waals surface area contributed by atoms with E-state index in [0.717, 1.165) is 68.7 Å². The molecule has 1 saturated heterocycles. The largest absolute Gasteiger partial charge is 0.497 e.